The summed E-state index contributed by atoms with van der Waals surface area (Å²) < 4.78 is 42.5. The van der Waals surface area contributed by atoms with Crippen molar-refractivity contribution >= 4 is 43.1 Å². The second-order valence-electron chi connectivity index (χ2n) is 10.9. The number of rotatable bonds is 3. The number of hydrogen-bond donors (Lipinski definition) is 0. The molecule has 3 heteroatoms. The van der Waals surface area contributed by atoms with Gasteiger partial charge in [0.15, 0.2) is 17.5 Å². The van der Waals surface area contributed by atoms with E-state index in [9.17, 15) is 13.2 Å². The molecule has 0 amide bonds. The quantitative estimate of drug-likeness (QED) is 0.149. The molecule has 0 aliphatic carbocycles. The van der Waals surface area contributed by atoms with Gasteiger partial charge in [-0.15, -0.1) is 0 Å². The Hall–Kier alpha value is -5.41. The lowest BCUT2D eigenvalue weighted by atomic mass is 9.84. The smallest absolute Gasteiger partial charge is 0.194 e. The normalized spacial score (nSPS) is 11.6. The fourth-order valence-corrected chi connectivity index (χ4v) is 6.39. The van der Waals surface area contributed by atoms with E-state index in [4.69, 9.17) is 0 Å². The molecule has 0 fully saturated rings. The summed E-state index contributed by atoms with van der Waals surface area (Å²) in [6.45, 7) is 0. The molecular formula is C40H23F3. The van der Waals surface area contributed by atoms with Crippen LogP contribution >= 0.6 is 0 Å². The average Bonchev–Trinajstić information content (AvgIpc) is 3.05. The molecule has 204 valence electrons. The van der Waals surface area contributed by atoms with Crippen molar-refractivity contribution in [3.05, 3.63) is 157 Å². The second kappa shape index (κ2) is 9.85. The van der Waals surface area contributed by atoms with Gasteiger partial charge in [-0.25, -0.2) is 13.2 Å². The third kappa shape index (κ3) is 4.16. The maximum absolute atomic E-state index is 14.3. The molecule has 0 aromatic heterocycles. The lowest BCUT2D eigenvalue weighted by Gasteiger charge is -2.19. The van der Waals surface area contributed by atoms with Crippen LogP contribution in [0, 0.1) is 17.5 Å². The van der Waals surface area contributed by atoms with Gasteiger partial charge in [0.05, 0.1) is 0 Å². The van der Waals surface area contributed by atoms with Crippen molar-refractivity contribution in [3.63, 3.8) is 0 Å². The topological polar surface area (TPSA) is 0 Å². The minimum absolute atomic E-state index is 0.281. The fourth-order valence-electron chi connectivity index (χ4n) is 6.39. The molecular weight excluding hydrogens is 537 g/mol. The van der Waals surface area contributed by atoms with Gasteiger partial charge in [-0.3, -0.25) is 0 Å². The zero-order chi connectivity index (χ0) is 29.1. The summed E-state index contributed by atoms with van der Waals surface area (Å²) in [7, 11) is 0. The number of benzene rings is 8. The predicted molar refractivity (Wildman–Crippen MR) is 173 cm³/mol. The molecule has 0 nitrogen and oxygen atoms in total. The number of fused-ring (bicyclic) bond motifs is 4. The van der Waals surface area contributed by atoms with Crippen LogP contribution in [-0.2, 0) is 0 Å². The van der Waals surface area contributed by atoms with E-state index in [0.717, 1.165) is 77.5 Å². The van der Waals surface area contributed by atoms with Crippen molar-refractivity contribution in [2.24, 2.45) is 0 Å². The van der Waals surface area contributed by atoms with Crippen LogP contribution in [0.5, 0.6) is 0 Å². The van der Waals surface area contributed by atoms with Gasteiger partial charge in [0.25, 0.3) is 0 Å². The minimum atomic E-state index is -1.47. The first kappa shape index (κ1) is 25.3. The fraction of sp³-hybridized carbons (Fsp3) is 0. The Labute approximate surface area is 246 Å². The van der Waals surface area contributed by atoms with Crippen LogP contribution < -0.4 is 0 Å². The van der Waals surface area contributed by atoms with E-state index < -0.39 is 17.5 Å². The van der Waals surface area contributed by atoms with E-state index in [2.05, 4.69) is 78.9 Å². The highest BCUT2D eigenvalue weighted by Crippen LogP contribution is 2.45. The Morgan fingerprint density at radius 3 is 1.30 bits per heavy atom. The first-order valence-electron chi connectivity index (χ1n) is 14.2. The van der Waals surface area contributed by atoms with Gasteiger partial charge in [-0.1, -0.05) is 109 Å². The van der Waals surface area contributed by atoms with Crippen molar-refractivity contribution in [1.82, 2.24) is 0 Å². The van der Waals surface area contributed by atoms with E-state index in [1.54, 1.807) is 0 Å². The molecule has 8 aromatic carbocycles. The van der Waals surface area contributed by atoms with Gasteiger partial charge in [-0.05, 0) is 107 Å². The predicted octanol–water partition coefficient (Wildman–Crippen LogP) is 11.7. The molecule has 0 heterocycles. The largest absolute Gasteiger partial charge is 0.204 e. The molecule has 0 saturated heterocycles. The summed E-state index contributed by atoms with van der Waals surface area (Å²) in [5, 5.41) is 8.71. The second-order valence-corrected chi connectivity index (χ2v) is 10.9. The van der Waals surface area contributed by atoms with Crippen molar-refractivity contribution in [2.75, 3.05) is 0 Å². The van der Waals surface area contributed by atoms with E-state index in [0.29, 0.717) is 5.56 Å². The Balaban J connectivity index is 1.50. The van der Waals surface area contributed by atoms with Crippen molar-refractivity contribution < 1.29 is 13.2 Å². The maximum Gasteiger partial charge on any atom is 0.194 e. The first-order chi connectivity index (χ1) is 21.0. The summed E-state index contributed by atoms with van der Waals surface area (Å²) in [6.07, 6.45) is 0. The van der Waals surface area contributed by atoms with Gasteiger partial charge >= 0.3 is 0 Å². The molecule has 0 aliphatic heterocycles. The van der Waals surface area contributed by atoms with Crippen LogP contribution in [0.1, 0.15) is 0 Å². The summed E-state index contributed by atoms with van der Waals surface area (Å²) in [6, 6.07) is 45.8. The van der Waals surface area contributed by atoms with Crippen molar-refractivity contribution in [2.45, 2.75) is 0 Å². The van der Waals surface area contributed by atoms with Crippen molar-refractivity contribution in [1.29, 1.82) is 0 Å². The molecule has 0 radical (unpaired) electrons. The van der Waals surface area contributed by atoms with E-state index in [1.807, 2.05) is 48.5 Å². The Kier molecular flexibility index (Phi) is 5.80. The molecule has 0 N–H and O–H groups in total. The minimum Gasteiger partial charge on any atom is -0.204 e. The van der Waals surface area contributed by atoms with Crippen LogP contribution in [0.25, 0.3) is 76.5 Å². The summed E-state index contributed by atoms with van der Waals surface area (Å²) >= 11 is 0. The van der Waals surface area contributed by atoms with Gasteiger partial charge in [0, 0.05) is 0 Å². The molecule has 0 saturated carbocycles. The molecule has 0 aliphatic rings. The molecule has 0 bridgehead atoms. The van der Waals surface area contributed by atoms with Crippen molar-refractivity contribution in [3.8, 4) is 33.4 Å². The maximum atomic E-state index is 14.3. The molecule has 0 atom stereocenters. The summed E-state index contributed by atoms with van der Waals surface area (Å²) in [5.41, 5.74) is 5.13. The zero-order valence-electron chi connectivity index (χ0n) is 22.9. The summed E-state index contributed by atoms with van der Waals surface area (Å²) in [5.74, 6) is -3.88. The molecule has 0 spiro atoms. The third-order valence-electron chi connectivity index (χ3n) is 8.42. The Bertz CT molecular complexity index is 2360. The molecule has 0 unspecified atom stereocenters. The van der Waals surface area contributed by atoms with Gasteiger partial charge in [-0.2, -0.15) is 0 Å². The number of hydrogen-bond acceptors (Lipinski definition) is 0. The Morgan fingerprint density at radius 2 is 0.744 bits per heavy atom. The van der Waals surface area contributed by atoms with E-state index in [-0.39, 0.29) is 5.56 Å². The van der Waals surface area contributed by atoms with Gasteiger partial charge in [0.2, 0.25) is 0 Å². The van der Waals surface area contributed by atoms with Crippen LogP contribution in [0.3, 0.4) is 0 Å². The number of halogens is 3. The molecule has 8 aromatic rings. The molecule has 8 rings (SSSR count). The average molecular weight is 561 g/mol. The van der Waals surface area contributed by atoms with Crippen LogP contribution in [0.15, 0.2) is 140 Å². The van der Waals surface area contributed by atoms with E-state index in [1.165, 1.54) is 0 Å². The van der Waals surface area contributed by atoms with Gasteiger partial charge in [0.1, 0.15) is 0 Å². The third-order valence-corrected chi connectivity index (χ3v) is 8.42. The van der Waals surface area contributed by atoms with Gasteiger partial charge < -0.3 is 0 Å². The molecule has 43 heavy (non-hydrogen) atoms. The lowest BCUT2D eigenvalue weighted by Crippen LogP contribution is -1.94. The van der Waals surface area contributed by atoms with Crippen LogP contribution in [0.4, 0.5) is 13.2 Å². The SMILES string of the molecule is Fc1cc(-c2ccc3c(-c4ccc5ccccc5c4)c4ccccc4c(-c4ccc5ccccc5c4)c3c2)cc(F)c1F. The van der Waals surface area contributed by atoms with E-state index >= 15 is 0 Å². The van der Waals surface area contributed by atoms with Crippen LogP contribution in [-0.4, -0.2) is 0 Å². The first-order valence-corrected chi connectivity index (χ1v) is 14.2. The highest BCUT2D eigenvalue weighted by Gasteiger charge is 2.19. The van der Waals surface area contributed by atoms with Crippen LogP contribution in [0.2, 0.25) is 0 Å². The Morgan fingerprint density at radius 1 is 0.302 bits per heavy atom. The lowest BCUT2D eigenvalue weighted by molar-refractivity contribution is 0.448. The monoisotopic (exact) mass is 560 g/mol. The standard InChI is InChI=1S/C40H23F3/c41-36-22-31(23-37(42)40(36)43)28-17-18-34-35(21-28)39(30-16-14-25-8-2-4-10-27(25)20-30)33-12-6-5-11-32(33)38(34)29-15-13-24-7-1-3-9-26(24)19-29/h1-23H. The highest BCUT2D eigenvalue weighted by molar-refractivity contribution is 6.22. The highest BCUT2D eigenvalue weighted by atomic mass is 19.2. The zero-order valence-corrected chi connectivity index (χ0v) is 22.9. The summed E-state index contributed by atoms with van der Waals surface area (Å²) in [4.78, 5) is 0.